The van der Waals surface area contributed by atoms with E-state index in [9.17, 15) is 4.79 Å². The molecular formula is C16H18N2O2S. The minimum absolute atomic E-state index is 0.0505. The third kappa shape index (κ3) is 4.72. The summed E-state index contributed by atoms with van der Waals surface area (Å²) in [5.74, 6) is 0.448. The van der Waals surface area contributed by atoms with E-state index in [0.29, 0.717) is 0 Å². The standard InChI is InChI=1S/C16H18N2O2S/c1-11-4-5-12(2)15(8-11)20-10-16(19)18-17-9-14-7-6-13(3)21-14/h4-9H,10H2,1-3H3,(H,18,19). The third-order valence-electron chi connectivity index (χ3n) is 2.84. The molecular weight excluding hydrogens is 284 g/mol. The van der Waals surface area contributed by atoms with Gasteiger partial charge in [0.2, 0.25) is 0 Å². The van der Waals surface area contributed by atoms with Gasteiger partial charge in [0.1, 0.15) is 5.75 Å². The number of carbonyl (C=O) groups excluding carboxylic acids is 1. The molecule has 0 unspecified atom stereocenters. The fourth-order valence-corrected chi connectivity index (χ4v) is 2.48. The lowest BCUT2D eigenvalue weighted by Gasteiger charge is -2.08. The summed E-state index contributed by atoms with van der Waals surface area (Å²) in [5.41, 5.74) is 4.56. The molecule has 0 saturated heterocycles. The molecule has 0 atom stereocenters. The molecule has 1 N–H and O–H groups in total. The molecule has 0 aliphatic rings. The maximum atomic E-state index is 11.7. The SMILES string of the molecule is Cc1ccc(C)c(OCC(=O)NN=Cc2ccc(C)s2)c1. The third-order valence-corrected chi connectivity index (χ3v) is 3.78. The quantitative estimate of drug-likeness (QED) is 0.681. The fraction of sp³-hybridized carbons (Fsp3) is 0.250. The van der Waals surface area contributed by atoms with Crippen LogP contribution in [0, 0.1) is 20.8 Å². The van der Waals surface area contributed by atoms with Crippen LogP contribution in [0.15, 0.2) is 35.4 Å². The Labute approximate surface area is 128 Å². The second-order valence-electron chi connectivity index (χ2n) is 4.80. The van der Waals surface area contributed by atoms with Crippen molar-refractivity contribution < 1.29 is 9.53 Å². The Morgan fingerprint density at radius 3 is 2.81 bits per heavy atom. The summed E-state index contributed by atoms with van der Waals surface area (Å²) >= 11 is 1.62. The number of nitrogens with one attached hydrogen (secondary N) is 1. The summed E-state index contributed by atoms with van der Waals surface area (Å²) in [6.07, 6.45) is 1.63. The maximum Gasteiger partial charge on any atom is 0.277 e. The van der Waals surface area contributed by atoms with E-state index in [4.69, 9.17) is 4.74 Å². The molecule has 0 aliphatic carbocycles. The van der Waals surface area contributed by atoms with Crippen molar-refractivity contribution in [2.75, 3.05) is 6.61 Å². The second kappa shape index (κ2) is 7.04. The molecule has 2 rings (SSSR count). The van der Waals surface area contributed by atoms with Crippen molar-refractivity contribution in [3.63, 3.8) is 0 Å². The molecule has 110 valence electrons. The van der Waals surface area contributed by atoms with Crippen molar-refractivity contribution in [3.05, 3.63) is 51.2 Å². The van der Waals surface area contributed by atoms with E-state index in [-0.39, 0.29) is 12.5 Å². The van der Waals surface area contributed by atoms with Crippen LogP contribution in [0.2, 0.25) is 0 Å². The van der Waals surface area contributed by atoms with Gasteiger partial charge in [-0.1, -0.05) is 12.1 Å². The van der Waals surface area contributed by atoms with Crippen LogP contribution in [0.3, 0.4) is 0 Å². The largest absolute Gasteiger partial charge is 0.483 e. The summed E-state index contributed by atoms with van der Waals surface area (Å²) in [6.45, 7) is 5.91. The van der Waals surface area contributed by atoms with Gasteiger partial charge in [0.25, 0.3) is 5.91 Å². The summed E-state index contributed by atoms with van der Waals surface area (Å²) in [7, 11) is 0. The van der Waals surface area contributed by atoms with Gasteiger partial charge >= 0.3 is 0 Å². The zero-order valence-electron chi connectivity index (χ0n) is 12.3. The average Bonchev–Trinajstić information content (AvgIpc) is 2.85. The topological polar surface area (TPSA) is 50.7 Å². The van der Waals surface area contributed by atoms with E-state index in [1.165, 1.54) is 4.88 Å². The van der Waals surface area contributed by atoms with Crippen molar-refractivity contribution in [1.29, 1.82) is 0 Å². The number of ether oxygens (including phenoxy) is 1. The van der Waals surface area contributed by atoms with E-state index >= 15 is 0 Å². The van der Waals surface area contributed by atoms with Gasteiger partial charge in [0.15, 0.2) is 6.61 Å². The number of amides is 1. The van der Waals surface area contributed by atoms with Crippen molar-refractivity contribution in [1.82, 2.24) is 5.43 Å². The van der Waals surface area contributed by atoms with Crippen LogP contribution >= 0.6 is 11.3 Å². The molecule has 2 aromatic rings. The molecule has 21 heavy (non-hydrogen) atoms. The summed E-state index contributed by atoms with van der Waals surface area (Å²) < 4.78 is 5.50. The average molecular weight is 302 g/mol. The Bertz CT molecular complexity index is 662. The zero-order valence-corrected chi connectivity index (χ0v) is 13.2. The van der Waals surface area contributed by atoms with Gasteiger partial charge in [-0.15, -0.1) is 11.3 Å². The van der Waals surface area contributed by atoms with Crippen molar-refractivity contribution >= 4 is 23.5 Å². The minimum Gasteiger partial charge on any atom is -0.483 e. The Hall–Kier alpha value is -2.14. The molecule has 0 fully saturated rings. The van der Waals surface area contributed by atoms with Gasteiger partial charge in [-0.3, -0.25) is 4.79 Å². The highest BCUT2D eigenvalue weighted by Crippen LogP contribution is 2.18. The molecule has 4 nitrogen and oxygen atoms in total. The van der Waals surface area contributed by atoms with Gasteiger partial charge in [-0.25, -0.2) is 5.43 Å². The first-order chi connectivity index (χ1) is 10.0. The first-order valence-corrected chi connectivity index (χ1v) is 7.44. The molecule has 1 heterocycles. The van der Waals surface area contributed by atoms with Crippen LogP contribution in [0.25, 0.3) is 0 Å². The zero-order chi connectivity index (χ0) is 15.2. The molecule has 1 aromatic carbocycles. The highest BCUT2D eigenvalue weighted by Gasteiger charge is 2.04. The summed E-state index contributed by atoms with van der Waals surface area (Å²) in [4.78, 5) is 13.9. The lowest BCUT2D eigenvalue weighted by molar-refractivity contribution is -0.123. The number of hydrazone groups is 1. The first kappa shape index (κ1) is 15.3. The van der Waals surface area contributed by atoms with Gasteiger partial charge in [0, 0.05) is 9.75 Å². The Morgan fingerprint density at radius 1 is 1.29 bits per heavy atom. The lowest BCUT2D eigenvalue weighted by atomic mass is 10.1. The lowest BCUT2D eigenvalue weighted by Crippen LogP contribution is -2.24. The second-order valence-corrected chi connectivity index (χ2v) is 6.12. The van der Waals surface area contributed by atoms with Crippen LogP contribution in [0.4, 0.5) is 0 Å². The van der Waals surface area contributed by atoms with Crippen LogP contribution < -0.4 is 10.2 Å². The number of aryl methyl sites for hydroxylation is 3. The highest BCUT2D eigenvalue weighted by atomic mass is 32.1. The van der Waals surface area contributed by atoms with E-state index in [1.54, 1.807) is 17.6 Å². The van der Waals surface area contributed by atoms with Gasteiger partial charge in [0.05, 0.1) is 6.21 Å². The number of hydrogen-bond acceptors (Lipinski definition) is 4. The Balaban J connectivity index is 1.82. The molecule has 1 amide bonds. The maximum absolute atomic E-state index is 11.7. The van der Waals surface area contributed by atoms with E-state index in [2.05, 4.69) is 10.5 Å². The van der Waals surface area contributed by atoms with Crippen LogP contribution in [-0.4, -0.2) is 18.7 Å². The monoisotopic (exact) mass is 302 g/mol. The molecule has 0 spiro atoms. The normalized spacial score (nSPS) is 10.8. The van der Waals surface area contributed by atoms with Crippen LogP contribution in [-0.2, 0) is 4.79 Å². The number of hydrogen-bond donors (Lipinski definition) is 1. The number of carbonyl (C=O) groups is 1. The highest BCUT2D eigenvalue weighted by molar-refractivity contribution is 7.13. The Kier molecular flexibility index (Phi) is 5.11. The van der Waals surface area contributed by atoms with Crippen molar-refractivity contribution in [2.45, 2.75) is 20.8 Å². The number of thiophene rings is 1. The molecule has 1 aromatic heterocycles. The number of rotatable bonds is 5. The smallest absolute Gasteiger partial charge is 0.277 e. The predicted octanol–water partition coefficient (Wildman–Crippen LogP) is 3.20. The van der Waals surface area contributed by atoms with Crippen molar-refractivity contribution in [2.24, 2.45) is 5.10 Å². The predicted molar refractivity (Wildman–Crippen MR) is 86.2 cm³/mol. The van der Waals surface area contributed by atoms with Gasteiger partial charge in [-0.05, 0) is 50.1 Å². The molecule has 0 aliphatic heterocycles. The fourth-order valence-electron chi connectivity index (χ4n) is 1.73. The number of nitrogens with zero attached hydrogens (tertiary/aromatic N) is 1. The van der Waals surface area contributed by atoms with Crippen molar-refractivity contribution in [3.8, 4) is 5.75 Å². The Morgan fingerprint density at radius 2 is 2.10 bits per heavy atom. The number of benzene rings is 1. The minimum atomic E-state index is -0.277. The first-order valence-electron chi connectivity index (χ1n) is 6.63. The summed E-state index contributed by atoms with van der Waals surface area (Å²) in [5, 5.41) is 3.91. The van der Waals surface area contributed by atoms with Crippen LogP contribution in [0.5, 0.6) is 5.75 Å². The molecule has 0 bridgehead atoms. The molecule has 5 heteroatoms. The summed E-state index contributed by atoms with van der Waals surface area (Å²) in [6, 6.07) is 9.87. The van der Waals surface area contributed by atoms with Gasteiger partial charge < -0.3 is 4.74 Å². The molecule has 0 saturated carbocycles. The van der Waals surface area contributed by atoms with E-state index in [0.717, 1.165) is 21.8 Å². The van der Waals surface area contributed by atoms with Crippen LogP contribution in [0.1, 0.15) is 20.9 Å². The van der Waals surface area contributed by atoms with Gasteiger partial charge in [-0.2, -0.15) is 5.10 Å². The van der Waals surface area contributed by atoms with E-state index in [1.807, 2.05) is 51.1 Å². The van der Waals surface area contributed by atoms with E-state index < -0.39 is 0 Å². The molecule has 0 radical (unpaired) electrons.